The van der Waals surface area contributed by atoms with Crippen LogP contribution in [0.4, 0.5) is 0 Å². The minimum Gasteiger partial charge on any atom is -0.274 e. The van der Waals surface area contributed by atoms with E-state index >= 15 is 0 Å². The van der Waals surface area contributed by atoms with Gasteiger partial charge in [-0.1, -0.05) is 54.6 Å². The maximum atomic E-state index is 5.31. The molecule has 12 nitrogen and oxygen atoms in total. The SMILES string of the molecule is c1cnc2c(-n3c(-c4cc(-c5nc6ccc[n+](-c7cccc8cccnc78)c6[nH]5)cc(-c5nc6cccnc6n5-c5cccc6cccnc56)c4)nc4cccnc43)cccc2c1. The maximum absolute atomic E-state index is 5.31. The molecule has 12 heteroatoms. The molecule has 0 bridgehead atoms. The molecule has 9 heterocycles. The molecular formula is C51H31N12+. The number of imidazole rings is 3. The molecule has 0 spiro atoms. The van der Waals surface area contributed by atoms with Crippen LogP contribution in [-0.2, 0) is 0 Å². The second kappa shape index (κ2) is 13.8. The van der Waals surface area contributed by atoms with E-state index in [1.807, 2.05) is 91.5 Å². The molecule has 0 saturated carbocycles. The maximum Gasteiger partial charge on any atom is 0.312 e. The smallest absolute Gasteiger partial charge is 0.274 e. The molecule has 4 aromatic carbocycles. The molecule has 13 aromatic rings. The van der Waals surface area contributed by atoms with Gasteiger partial charge in [0.2, 0.25) is 5.82 Å². The summed E-state index contributed by atoms with van der Waals surface area (Å²) in [6, 6.07) is 48.9. The number of aromatic nitrogens is 12. The molecule has 1 N–H and O–H groups in total. The van der Waals surface area contributed by atoms with Crippen molar-refractivity contribution in [2.75, 3.05) is 0 Å². The van der Waals surface area contributed by atoms with Gasteiger partial charge in [-0.2, -0.15) is 4.57 Å². The van der Waals surface area contributed by atoms with Crippen LogP contribution in [0.15, 0.2) is 183 Å². The zero-order valence-electron chi connectivity index (χ0n) is 33.2. The van der Waals surface area contributed by atoms with Crippen LogP contribution in [0.5, 0.6) is 0 Å². The fraction of sp³-hybridized carbons (Fsp3) is 0. The topological polar surface area (TPSA) is 133 Å². The van der Waals surface area contributed by atoms with Crippen LogP contribution >= 0.6 is 0 Å². The molecule has 0 aliphatic carbocycles. The van der Waals surface area contributed by atoms with Crippen molar-refractivity contribution in [2.24, 2.45) is 0 Å². The Hall–Kier alpha value is -9.03. The number of aromatic amines is 1. The molecule has 294 valence electrons. The van der Waals surface area contributed by atoms with Crippen molar-refractivity contribution in [3.05, 3.63) is 183 Å². The first-order chi connectivity index (χ1) is 31.2. The highest BCUT2D eigenvalue weighted by atomic mass is 15.2. The third-order valence-corrected chi connectivity index (χ3v) is 11.6. The molecule has 0 aliphatic heterocycles. The van der Waals surface area contributed by atoms with Gasteiger partial charge in [-0.05, 0) is 91.0 Å². The minimum atomic E-state index is 0.668. The zero-order valence-corrected chi connectivity index (χ0v) is 33.2. The van der Waals surface area contributed by atoms with Crippen LogP contribution < -0.4 is 4.57 Å². The van der Waals surface area contributed by atoms with E-state index in [-0.39, 0.29) is 0 Å². The molecule has 9 aromatic heterocycles. The molecule has 0 atom stereocenters. The van der Waals surface area contributed by atoms with Crippen molar-refractivity contribution in [1.82, 2.24) is 54.0 Å². The van der Waals surface area contributed by atoms with Gasteiger partial charge >= 0.3 is 5.65 Å². The van der Waals surface area contributed by atoms with Gasteiger partial charge in [-0.15, -0.1) is 0 Å². The van der Waals surface area contributed by atoms with Crippen LogP contribution in [-0.4, -0.2) is 54.0 Å². The van der Waals surface area contributed by atoms with Crippen LogP contribution in [0.25, 0.3) is 117 Å². The van der Waals surface area contributed by atoms with Gasteiger partial charge in [0.15, 0.2) is 22.5 Å². The van der Waals surface area contributed by atoms with Crippen molar-refractivity contribution in [1.29, 1.82) is 0 Å². The van der Waals surface area contributed by atoms with Gasteiger partial charge in [0.1, 0.15) is 28.2 Å². The second-order valence-corrected chi connectivity index (χ2v) is 15.3. The number of nitrogens with one attached hydrogen (secondary N) is 1. The van der Waals surface area contributed by atoms with Crippen molar-refractivity contribution < 1.29 is 4.57 Å². The summed E-state index contributed by atoms with van der Waals surface area (Å²) in [5.74, 6) is 2.04. The van der Waals surface area contributed by atoms with Crippen molar-refractivity contribution in [3.8, 4) is 51.2 Å². The Kier molecular flexibility index (Phi) is 7.60. The Morgan fingerprint density at radius 2 is 0.889 bits per heavy atom. The molecule has 63 heavy (non-hydrogen) atoms. The summed E-state index contributed by atoms with van der Waals surface area (Å²) >= 11 is 0. The number of H-pyrrole nitrogens is 1. The quantitative estimate of drug-likeness (QED) is 0.164. The molecule has 0 unspecified atom stereocenters. The number of hydrogen-bond acceptors (Lipinski definition) is 8. The number of nitrogens with zero attached hydrogens (tertiary/aromatic N) is 11. The fourth-order valence-corrected chi connectivity index (χ4v) is 8.82. The lowest BCUT2D eigenvalue weighted by molar-refractivity contribution is -0.567. The average molecular weight is 812 g/mol. The lowest BCUT2D eigenvalue weighted by atomic mass is 10.0. The number of rotatable bonds is 6. The minimum absolute atomic E-state index is 0.668. The van der Waals surface area contributed by atoms with Gasteiger partial charge < -0.3 is 0 Å². The summed E-state index contributed by atoms with van der Waals surface area (Å²) in [5.41, 5.74) is 12.3. The van der Waals surface area contributed by atoms with Crippen molar-refractivity contribution in [2.45, 2.75) is 0 Å². The first kappa shape index (κ1) is 34.8. The van der Waals surface area contributed by atoms with Gasteiger partial charge in [-0.3, -0.25) is 24.1 Å². The molecule has 0 aliphatic rings. The number of fused-ring (bicyclic) bond motifs is 6. The first-order valence-electron chi connectivity index (χ1n) is 20.5. The summed E-state index contributed by atoms with van der Waals surface area (Å²) in [5, 5.41) is 3.07. The first-order valence-corrected chi connectivity index (χ1v) is 20.5. The molecule has 0 amide bonds. The van der Waals surface area contributed by atoms with Crippen molar-refractivity contribution in [3.63, 3.8) is 0 Å². The van der Waals surface area contributed by atoms with E-state index in [0.29, 0.717) is 28.8 Å². The van der Waals surface area contributed by atoms with E-state index in [9.17, 15) is 0 Å². The van der Waals surface area contributed by atoms with Crippen molar-refractivity contribution >= 4 is 66.2 Å². The van der Waals surface area contributed by atoms with E-state index in [4.69, 9.17) is 39.9 Å². The molecule has 0 saturated heterocycles. The van der Waals surface area contributed by atoms with Crippen LogP contribution in [0.3, 0.4) is 0 Å². The summed E-state index contributed by atoms with van der Waals surface area (Å²) in [4.78, 5) is 43.8. The number of benzene rings is 4. The van der Waals surface area contributed by atoms with Gasteiger partial charge in [0, 0.05) is 63.8 Å². The summed E-state index contributed by atoms with van der Waals surface area (Å²) in [7, 11) is 0. The Balaban J connectivity index is 1.10. The molecule has 13 rings (SSSR count). The Bertz CT molecular complexity index is 3770. The van der Waals surface area contributed by atoms with Crippen LogP contribution in [0, 0.1) is 0 Å². The Morgan fingerprint density at radius 1 is 0.413 bits per heavy atom. The standard InChI is InChI=1S/C51H30N12/c1-10-31-13-4-22-52-43(31)40(19-1)61-27-9-18-39-51(61)60-46(57-39)34-28-35(47-58-37-16-7-25-55-49(37)62(47)41-20-2-11-32-14-5-23-53-44(32)41)30-36(29-34)48-59-38-17-8-26-56-50(38)63(48)42-21-3-12-33-15-6-24-54-45(33)42/h1-30H/p+1. The van der Waals surface area contributed by atoms with Gasteiger partial charge in [0.25, 0.3) is 0 Å². The van der Waals surface area contributed by atoms with E-state index < -0.39 is 0 Å². The number of hydrogen-bond donors (Lipinski definition) is 1. The van der Waals surface area contributed by atoms with E-state index in [0.717, 1.165) is 88.7 Å². The lowest BCUT2D eigenvalue weighted by Gasteiger charge is -2.14. The summed E-state index contributed by atoms with van der Waals surface area (Å²) in [6.07, 6.45) is 11.1. The molecule has 0 radical (unpaired) electrons. The lowest BCUT2D eigenvalue weighted by Crippen LogP contribution is -2.31. The Morgan fingerprint density at radius 3 is 1.49 bits per heavy atom. The Labute approximate surface area is 357 Å². The zero-order chi connectivity index (χ0) is 41.4. The third kappa shape index (κ3) is 5.51. The fourth-order valence-electron chi connectivity index (χ4n) is 8.82. The van der Waals surface area contributed by atoms with Gasteiger partial charge in [-0.25, -0.2) is 29.9 Å². The van der Waals surface area contributed by atoms with Gasteiger partial charge in [0.05, 0.1) is 28.6 Å². The summed E-state index contributed by atoms with van der Waals surface area (Å²) < 4.78 is 6.32. The highest BCUT2D eigenvalue weighted by molar-refractivity contribution is 5.94. The van der Waals surface area contributed by atoms with Crippen LogP contribution in [0.2, 0.25) is 0 Å². The van der Waals surface area contributed by atoms with E-state index in [1.54, 1.807) is 12.4 Å². The monoisotopic (exact) mass is 811 g/mol. The third-order valence-electron chi connectivity index (χ3n) is 11.6. The van der Waals surface area contributed by atoms with E-state index in [1.165, 1.54) is 0 Å². The number of para-hydroxylation sites is 3. The van der Waals surface area contributed by atoms with Crippen LogP contribution in [0.1, 0.15) is 0 Å². The molecular weight excluding hydrogens is 781 g/mol. The highest BCUT2D eigenvalue weighted by Crippen LogP contribution is 2.38. The predicted molar refractivity (Wildman–Crippen MR) is 245 cm³/mol. The predicted octanol–water partition coefficient (Wildman–Crippen LogP) is 9.95. The normalized spacial score (nSPS) is 11.8. The second-order valence-electron chi connectivity index (χ2n) is 15.3. The average Bonchev–Trinajstić information content (AvgIpc) is 4.08. The molecule has 0 fully saturated rings. The number of pyridine rings is 6. The largest absolute Gasteiger partial charge is 0.312 e. The highest BCUT2D eigenvalue weighted by Gasteiger charge is 2.25. The van der Waals surface area contributed by atoms with E-state index in [2.05, 4.69) is 97.5 Å². The summed E-state index contributed by atoms with van der Waals surface area (Å²) in [6.45, 7) is 0.